The first-order valence-corrected chi connectivity index (χ1v) is 4.95. The predicted molar refractivity (Wildman–Crippen MR) is 56.3 cm³/mol. The topological polar surface area (TPSA) is 64.6 Å². The lowest BCUT2D eigenvalue weighted by atomic mass is 10.4. The molecule has 3 N–H and O–H groups in total. The molecular weight excluding hydrogens is 182 g/mol. The minimum Gasteiger partial charge on any atom is -0.392 e. The SMILES string of the molecule is CCN(C)C(=O)NCCNCC(C)O. The Morgan fingerprint density at radius 3 is 2.64 bits per heavy atom. The highest BCUT2D eigenvalue weighted by atomic mass is 16.3. The summed E-state index contributed by atoms with van der Waals surface area (Å²) in [5, 5.41) is 14.7. The minimum atomic E-state index is -0.344. The van der Waals surface area contributed by atoms with E-state index in [1.807, 2.05) is 6.92 Å². The fraction of sp³-hybridized carbons (Fsp3) is 0.889. The van der Waals surface area contributed by atoms with Crippen molar-refractivity contribution in [1.82, 2.24) is 15.5 Å². The average Bonchev–Trinajstić information content (AvgIpc) is 2.15. The first-order valence-electron chi connectivity index (χ1n) is 4.95. The van der Waals surface area contributed by atoms with Crippen molar-refractivity contribution in [2.45, 2.75) is 20.0 Å². The molecule has 0 aliphatic heterocycles. The molecule has 0 aromatic heterocycles. The van der Waals surface area contributed by atoms with Gasteiger partial charge < -0.3 is 20.6 Å². The summed E-state index contributed by atoms with van der Waals surface area (Å²) in [7, 11) is 1.75. The minimum absolute atomic E-state index is 0.0636. The zero-order valence-electron chi connectivity index (χ0n) is 9.21. The molecule has 0 saturated heterocycles. The second-order valence-electron chi connectivity index (χ2n) is 3.30. The summed E-state index contributed by atoms with van der Waals surface area (Å²) in [6.07, 6.45) is -0.344. The molecule has 1 atom stereocenters. The third-order valence-electron chi connectivity index (χ3n) is 1.84. The number of nitrogens with one attached hydrogen (secondary N) is 2. The second kappa shape index (κ2) is 7.58. The first kappa shape index (κ1) is 13.2. The van der Waals surface area contributed by atoms with E-state index in [0.717, 1.165) is 0 Å². The lowest BCUT2D eigenvalue weighted by molar-refractivity contribution is 0.191. The van der Waals surface area contributed by atoms with Crippen LogP contribution < -0.4 is 10.6 Å². The normalized spacial score (nSPS) is 12.3. The average molecular weight is 203 g/mol. The van der Waals surface area contributed by atoms with Gasteiger partial charge in [0.15, 0.2) is 0 Å². The van der Waals surface area contributed by atoms with Gasteiger partial charge in [0.2, 0.25) is 0 Å². The van der Waals surface area contributed by atoms with Crippen molar-refractivity contribution in [3.05, 3.63) is 0 Å². The highest BCUT2D eigenvalue weighted by Crippen LogP contribution is 1.81. The molecule has 5 heteroatoms. The van der Waals surface area contributed by atoms with Crippen LogP contribution in [0.15, 0.2) is 0 Å². The molecule has 0 aliphatic carbocycles. The second-order valence-corrected chi connectivity index (χ2v) is 3.30. The summed E-state index contributed by atoms with van der Waals surface area (Å²) in [5.41, 5.74) is 0. The molecule has 0 heterocycles. The van der Waals surface area contributed by atoms with Gasteiger partial charge in [0, 0.05) is 33.2 Å². The van der Waals surface area contributed by atoms with E-state index in [-0.39, 0.29) is 12.1 Å². The van der Waals surface area contributed by atoms with Crippen LogP contribution in [-0.2, 0) is 0 Å². The molecule has 0 rings (SSSR count). The van der Waals surface area contributed by atoms with E-state index in [1.165, 1.54) is 0 Å². The molecule has 0 spiro atoms. The highest BCUT2D eigenvalue weighted by Gasteiger charge is 2.03. The molecule has 14 heavy (non-hydrogen) atoms. The summed E-state index contributed by atoms with van der Waals surface area (Å²) in [6, 6.07) is -0.0636. The number of carbonyl (C=O) groups is 1. The Balaban J connectivity index is 3.32. The Labute approximate surface area is 85.5 Å². The fourth-order valence-corrected chi connectivity index (χ4v) is 0.847. The zero-order chi connectivity index (χ0) is 11.0. The van der Waals surface area contributed by atoms with Crippen LogP contribution >= 0.6 is 0 Å². The molecule has 0 aromatic rings. The zero-order valence-corrected chi connectivity index (χ0v) is 9.21. The Kier molecular flexibility index (Phi) is 7.14. The molecule has 5 nitrogen and oxygen atoms in total. The molecule has 1 unspecified atom stereocenters. The fourth-order valence-electron chi connectivity index (χ4n) is 0.847. The van der Waals surface area contributed by atoms with E-state index in [4.69, 9.17) is 5.11 Å². The number of aliphatic hydroxyl groups is 1. The van der Waals surface area contributed by atoms with E-state index in [0.29, 0.717) is 26.2 Å². The summed E-state index contributed by atoms with van der Waals surface area (Å²) in [6.45, 7) is 6.15. The largest absolute Gasteiger partial charge is 0.392 e. The van der Waals surface area contributed by atoms with Crippen LogP contribution in [-0.4, -0.2) is 55.4 Å². The van der Waals surface area contributed by atoms with Crippen LogP contribution in [0.3, 0.4) is 0 Å². The third-order valence-corrected chi connectivity index (χ3v) is 1.84. The van der Waals surface area contributed by atoms with Crippen molar-refractivity contribution >= 4 is 6.03 Å². The maximum Gasteiger partial charge on any atom is 0.317 e. The molecular formula is C9H21N3O2. The first-order chi connectivity index (χ1) is 6.57. The number of hydrogen-bond acceptors (Lipinski definition) is 3. The number of carbonyl (C=O) groups excluding carboxylic acids is 1. The van der Waals surface area contributed by atoms with Gasteiger partial charge in [-0.15, -0.1) is 0 Å². The Bertz CT molecular complexity index is 162. The number of urea groups is 1. The molecule has 0 bridgehead atoms. The van der Waals surface area contributed by atoms with Crippen molar-refractivity contribution < 1.29 is 9.90 Å². The number of rotatable bonds is 6. The molecule has 0 aliphatic rings. The summed E-state index contributed by atoms with van der Waals surface area (Å²) >= 11 is 0. The van der Waals surface area contributed by atoms with Crippen molar-refractivity contribution in [1.29, 1.82) is 0 Å². The Hall–Kier alpha value is -0.810. The van der Waals surface area contributed by atoms with Gasteiger partial charge in [0.25, 0.3) is 0 Å². The van der Waals surface area contributed by atoms with E-state index in [1.54, 1.807) is 18.9 Å². The highest BCUT2D eigenvalue weighted by molar-refractivity contribution is 5.73. The van der Waals surface area contributed by atoms with Gasteiger partial charge in [0.1, 0.15) is 0 Å². The number of nitrogens with zero attached hydrogens (tertiary/aromatic N) is 1. The summed E-state index contributed by atoms with van der Waals surface area (Å²) < 4.78 is 0. The van der Waals surface area contributed by atoms with Crippen molar-refractivity contribution in [2.24, 2.45) is 0 Å². The van der Waals surface area contributed by atoms with E-state index in [9.17, 15) is 4.79 Å². The number of amides is 2. The predicted octanol–water partition coefficient (Wildman–Crippen LogP) is -0.382. The Morgan fingerprint density at radius 2 is 2.14 bits per heavy atom. The van der Waals surface area contributed by atoms with Gasteiger partial charge in [0.05, 0.1) is 6.10 Å². The van der Waals surface area contributed by atoms with Gasteiger partial charge >= 0.3 is 6.03 Å². The van der Waals surface area contributed by atoms with Crippen LogP contribution in [0.25, 0.3) is 0 Å². The molecule has 84 valence electrons. The van der Waals surface area contributed by atoms with Crippen molar-refractivity contribution in [3.63, 3.8) is 0 Å². The third kappa shape index (κ3) is 6.68. The van der Waals surface area contributed by atoms with E-state index < -0.39 is 0 Å². The number of aliphatic hydroxyl groups excluding tert-OH is 1. The molecule has 0 saturated carbocycles. The molecule has 2 amide bonds. The van der Waals surface area contributed by atoms with E-state index in [2.05, 4.69) is 10.6 Å². The van der Waals surface area contributed by atoms with Gasteiger partial charge in [-0.05, 0) is 13.8 Å². The lowest BCUT2D eigenvalue weighted by Crippen LogP contribution is -2.41. The maximum absolute atomic E-state index is 11.2. The Morgan fingerprint density at radius 1 is 1.50 bits per heavy atom. The van der Waals surface area contributed by atoms with Gasteiger partial charge in [-0.1, -0.05) is 0 Å². The van der Waals surface area contributed by atoms with E-state index >= 15 is 0 Å². The monoisotopic (exact) mass is 203 g/mol. The van der Waals surface area contributed by atoms with Crippen LogP contribution in [0.2, 0.25) is 0 Å². The molecule has 0 radical (unpaired) electrons. The smallest absolute Gasteiger partial charge is 0.317 e. The molecule has 0 aromatic carbocycles. The van der Waals surface area contributed by atoms with Crippen LogP contribution in [0, 0.1) is 0 Å². The standard InChI is InChI=1S/C9H21N3O2/c1-4-12(3)9(14)11-6-5-10-7-8(2)13/h8,10,13H,4-7H2,1-3H3,(H,11,14). The van der Waals surface area contributed by atoms with Gasteiger partial charge in [-0.25, -0.2) is 4.79 Å². The number of hydrogen-bond donors (Lipinski definition) is 3. The maximum atomic E-state index is 11.2. The molecule has 0 fully saturated rings. The lowest BCUT2D eigenvalue weighted by Gasteiger charge is -2.15. The quantitative estimate of drug-likeness (QED) is 0.516. The summed E-state index contributed by atoms with van der Waals surface area (Å²) in [4.78, 5) is 12.8. The van der Waals surface area contributed by atoms with Crippen LogP contribution in [0.4, 0.5) is 4.79 Å². The van der Waals surface area contributed by atoms with Gasteiger partial charge in [-0.2, -0.15) is 0 Å². The van der Waals surface area contributed by atoms with Gasteiger partial charge in [-0.3, -0.25) is 0 Å². The van der Waals surface area contributed by atoms with Crippen LogP contribution in [0.1, 0.15) is 13.8 Å². The van der Waals surface area contributed by atoms with Crippen LogP contribution in [0.5, 0.6) is 0 Å². The van der Waals surface area contributed by atoms with Crippen molar-refractivity contribution in [2.75, 3.05) is 33.2 Å². The van der Waals surface area contributed by atoms with Crippen molar-refractivity contribution in [3.8, 4) is 0 Å². The summed E-state index contributed by atoms with van der Waals surface area (Å²) in [5.74, 6) is 0.